The minimum Gasteiger partial charge on any atom is -0.397 e. The summed E-state index contributed by atoms with van der Waals surface area (Å²) in [6, 6.07) is 0. The Balaban J connectivity index is 3.08. The minimum absolute atomic E-state index is 0.738. The Hall–Kier alpha value is -0.220. The molecule has 2 nitrogen and oxygen atoms in total. The Morgan fingerprint density at radius 2 is 2.33 bits per heavy atom. The van der Waals surface area contributed by atoms with Crippen LogP contribution in [-0.4, -0.2) is 10.7 Å². The van der Waals surface area contributed by atoms with Crippen LogP contribution in [0.5, 0.6) is 0 Å². The van der Waals surface area contributed by atoms with E-state index in [2.05, 4.69) is 27.8 Å². The van der Waals surface area contributed by atoms with Crippen LogP contribution in [0.25, 0.3) is 0 Å². The highest BCUT2D eigenvalue weighted by atomic mass is 79.9. The van der Waals surface area contributed by atoms with Crippen molar-refractivity contribution in [2.45, 2.75) is 18.9 Å². The van der Waals surface area contributed by atoms with E-state index in [0.717, 1.165) is 26.5 Å². The van der Waals surface area contributed by atoms with Gasteiger partial charge in [0, 0.05) is 0 Å². The van der Waals surface area contributed by atoms with E-state index >= 15 is 0 Å². The van der Waals surface area contributed by atoms with Gasteiger partial charge in [-0.25, -0.2) is 4.98 Å². The molecule has 0 aliphatic carbocycles. The van der Waals surface area contributed by atoms with Gasteiger partial charge in [0.25, 0.3) is 0 Å². The molecule has 0 spiro atoms. The molecule has 4 heteroatoms. The predicted molar refractivity (Wildman–Crippen MR) is 57.5 cm³/mol. The lowest BCUT2D eigenvalue weighted by Gasteiger charge is -2.06. The summed E-state index contributed by atoms with van der Waals surface area (Å²) in [6.45, 7) is 4.09. The van der Waals surface area contributed by atoms with Gasteiger partial charge in [-0.1, -0.05) is 6.92 Å². The molecular formula is C8H11BrN2S. The second-order valence-electron chi connectivity index (χ2n) is 2.39. The summed E-state index contributed by atoms with van der Waals surface area (Å²) in [5, 5.41) is 1.02. The average molecular weight is 247 g/mol. The van der Waals surface area contributed by atoms with Gasteiger partial charge >= 0.3 is 0 Å². The molecular weight excluding hydrogens is 236 g/mol. The quantitative estimate of drug-likeness (QED) is 0.817. The van der Waals surface area contributed by atoms with Gasteiger partial charge in [0.2, 0.25) is 0 Å². The smallest absolute Gasteiger partial charge is 0.111 e. The number of nitrogen functional groups attached to an aromatic ring is 1. The number of hydrogen-bond acceptors (Lipinski definition) is 3. The third-order valence-electron chi connectivity index (χ3n) is 1.55. The van der Waals surface area contributed by atoms with Crippen molar-refractivity contribution in [2.75, 3.05) is 11.5 Å². The first-order chi connectivity index (χ1) is 5.66. The molecule has 1 heterocycles. The number of aromatic nitrogens is 1. The van der Waals surface area contributed by atoms with Crippen LogP contribution in [-0.2, 0) is 0 Å². The highest BCUT2D eigenvalue weighted by molar-refractivity contribution is 9.10. The van der Waals surface area contributed by atoms with Gasteiger partial charge in [0.05, 0.1) is 16.4 Å². The molecule has 0 aliphatic heterocycles. The second kappa shape index (κ2) is 4.14. The summed E-state index contributed by atoms with van der Waals surface area (Å²) < 4.78 is 1.02. The number of anilines is 1. The molecule has 0 aliphatic rings. The lowest BCUT2D eigenvalue weighted by Crippen LogP contribution is -1.94. The normalized spacial score (nSPS) is 10.2. The third kappa shape index (κ3) is 1.93. The third-order valence-corrected chi connectivity index (χ3v) is 3.66. The molecule has 0 fully saturated rings. The van der Waals surface area contributed by atoms with Crippen LogP contribution >= 0.6 is 27.7 Å². The van der Waals surface area contributed by atoms with E-state index in [4.69, 9.17) is 5.73 Å². The fourth-order valence-electron chi connectivity index (χ4n) is 0.806. The first-order valence-electron chi connectivity index (χ1n) is 3.70. The first kappa shape index (κ1) is 9.86. The summed E-state index contributed by atoms with van der Waals surface area (Å²) in [7, 11) is 0. The summed E-state index contributed by atoms with van der Waals surface area (Å²) in [5.74, 6) is 1.02. The molecule has 0 bridgehead atoms. The summed E-state index contributed by atoms with van der Waals surface area (Å²) in [6.07, 6.45) is 1.71. The zero-order chi connectivity index (χ0) is 9.14. The lowest BCUT2D eigenvalue weighted by molar-refractivity contribution is 1.09. The molecule has 1 aromatic rings. The molecule has 0 saturated heterocycles. The first-order valence-corrected chi connectivity index (χ1v) is 5.48. The van der Waals surface area contributed by atoms with Gasteiger partial charge in [0.1, 0.15) is 5.03 Å². The summed E-state index contributed by atoms with van der Waals surface area (Å²) in [4.78, 5) is 4.22. The van der Waals surface area contributed by atoms with Gasteiger partial charge in [-0.2, -0.15) is 0 Å². The molecule has 0 unspecified atom stereocenters. The summed E-state index contributed by atoms with van der Waals surface area (Å²) >= 11 is 5.18. The largest absolute Gasteiger partial charge is 0.397 e. The van der Waals surface area contributed by atoms with Crippen molar-refractivity contribution in [1.82, 2.24) is 4.98 Å². The Morgan fingerprint density at radius 1 is 1.67 bits per heavy atom. The van der Waals surface area contributed by atoms with Crippen LogP contribution in [0.1, 0.15) is 12.5 Å². The average Bonchev–Trinajstić information content (AvgIpc) is 2.07. The highest BCUT2D eigenvalue weighted by Gasteiger charge is 2.06. The van der Waals surface area contributed by atoms with Gasteiger partial charge in [-0.05, 0) is 34.2 Å². The number of hydrogen-bond donors (Lipinski definition) is 1. The number of thioether (sulfide) groups is 1. The van der Waals surface area contributed by atoms with Crippen molar-refractivity contribution in [3.05, 3.63) is 16.2 Å². The molecule has 66 valence electrons. The lowest BCUT2D eigenvalue weighted by atomic mass is 10.3. The molecule has 2 N–H and O–H groups in total. The van der Waals surface area contributed by atoms with Gasteiger partial charge in [-0.3, -0.25) is 0 Å². The maximum absolute atomic E-state index is 5.68. The Kier molecular flexibility index (Phi) is 3.40. The SMILES string of the molecule is CCSc1ncc(N)c(C)c1Br. The Morgan fingerprint density at radius 3 is 2.92 bits per heavy atom. The van der Waals surface area contributed by atoms with E-state index in [0.29, 0.717) is 0 Å². The fraction of sp³-hybridized carbons (Fsp3) is 0.375. The molecule has 1 aromatic heterocycles. The predicted octanol–water partition coefficient (Wildman–Crippen LogP) is 2.85. The van der Waals surface area contributed by atoms with E-state index in [1.165, 1.54) is 0 Å². The highest BCUT2D eigenvalue weighted by Crippen LogP contribution is 2.30. The van der Waals surface area contributed by atoms with Crippen LogP contribution in [0.3, 0.4) is 0 Å². The maximum Gasteiger partial charge on any atom is 0.111 e. The van der Waals surface area contributed by atoms with Crippen LogP contribution in [0.2, 0.25) is 0 Å². The number of halogens is 1. The zero-order valence-electron chi connectivity index (χ0n) is 7.10. The zero-order valence-corrected chi connectivity index (χ0v) is 9.50. The fourth-order valence-corrected chi connectivity index (χ4v) is 2.16. The van der Waals surface area contributed by atoms with E-state index in [-0.39, 0.29) is 0 Å². The van der Waals surface area contributed by atoms with E-state index < -0.39 is 0 Å². The molecule has 0 amide bonds. The Bertz CT molecular complexity index is 289. The number of nitrogens with zero attached hydrogens (tertiary/aromatic N) is 1. The van der Waals surface area contributed by atoms with Crippen LogP contribution < -0.4 is 5.73 Å². The molecule has 0 atom stereocenters. The summed E-state index contributed by atoms with van der Waals surface area (Å²) in [5.41, 5.74) is 7.49. The van der Waals surface area contributed by atoms with Crippen LogP contribution in [0, 0.1) is 6.92 Å². The number of nitrogens with two attached hydrogens (primary N) is 1. The topological polar surface area (TPSA) is 38.9 Å². The van der Waals surface area contributed by atoms with E-state index in [9.17, 15) is 0 Å². The molecule has 0 aromatic carbocycles. The van der Waals surface area contributed by atoms with Crippen molar-refractivity contribution in [3.8, 4) is 0 Å². The standard InChI is InChI=1S/C8H11BrN2S/c1-3-12-8-7(9)5(2)6(10)4-11-8/h4H,3,10H2,1-2H3. The molecule has 12 heavy (non-hydrogen) atoms. The van der Waals surface area contributed by atoms with Crippen molar-refractivity contribution >= 4 is 33.4 Å². The molecule has 0 radical (unpaired) electrons. The monoisotopic (exact) mass is 246 g/mol. The minimum atomic E-state index is 0.738. The van der Waals surface area contributed by atoms with Crippen molar-refractivity contribution < 1.29 is 0 Å². The van der Waals surface area contributed by atoms with E-state index in [1.54, 1.807) is 18.0 Å². The number of rotatable bonds is 2. The van der Waals surface area contributed by atoms with Crippen molar-refractivity contribution in [2.24, 2.45) is 0 Å². The number of pyridine rings is 1. The van der Waals surface area contributed by atoms with Crippen molar-refractivity contribution in [3.63, 3.8) is 0 Å². The van der Waals surface area contributed by atoms with Gasteiger partial charge < -0.3 is 5.73 Å². The van der Waals surface area contributed by atoms with E-state index in [1.807, 2.05) is 6.92 Å². The van der Waals surface area contributed by atoms with Gasteiger partial charge in [0.15, 0.2) is 0 Å². The van der Waals surface area contributed by atoms with Crippen molar-refractivity contribution in [1.29, 1.82) is 0 Å². The Labute approximate surface area is 85.1 Å². The van der Waals surface area contributed by atoms with Crippen LogP contribution in [0.4, 0.5) is 5.69 Å². The van der Waals surface area contributed by atoms with Crippen LogP contribution in [0.15, 0.2) is 15.7 Å². The van der Waals surface area contributed by atoms with Gasteiger partial charge in [-0.15, -0.1) is 11.8 Å². The molecule has 0 saturated carbocycles. The molecule has 1 rings (SSSR count). The maximum atomic E-state index is 5.68. The second-order valence-corrected chi connectivity index (χ2v) is 4.44.